The molecule has 0 saturated carbocycles. The van der Waals surface area contributed by atoms with Gasteiger partial charge in [0.1, 0.15) is 11.4 Å². The van der Waals surface area contributed by atoms with E-state index in [1.165, 1.54) is 7.11 Å². The lowest BCUT2D eigenvalue weighted by Crippen LogP contribution is -2.58. The summed E-state index contributed by atoms with van der Waals surface area (Å²) >= 11 is 0. The van der Waals surface area contributed by atoms with Crippen molar-refractivity contribution < 1.29 is 9.53 Å². The monoisotopic (exact) mass is 249 g/mol. The molecule has 1 aromatic heterocycles. The lowest BCUT2D eigenvalue weighted by atomic mass is 10.1. The minimum atomic E-state index is -0.327. The maximum Gasteiger partial charge on any atom is 0.341 e. The van der Waals surface area contributed by atoms with Crippen LogP contribution in [0.2, 0.25) is 0 Å². The quantitative estimate of drug-likeness (QED) is 0.791. The highest BCUT2D eigenvalue weighted by atomic mass is 16.5. The molecule has 0 bridgehead atoms. The SMILES string of the molecule is CCCN(c1ncccc1C(=O)OC)C1CNC1. The van der Waals surface area contributed by atoms with Crippen molar-refractivity contribution in [3.05, 3.63) is 23.9 Å². The van der Waals surface area contributed by atoms with Crippen molar-refractivity contribution in [3.63, 3.8) is 0 Å². The Morgan fingerprint density at radius 1 is 1.61 bits per heavy atom. The highest BCUT2D eigenvalue weighted by Gasteiger charge is 2.28. The molecular formula is C13H19N3O2. The molecular weight excluding hydrogens is 230 g/mol. The van der Waals surface area contributed by atoms with Crippen LogP contribution in [0.15, 0.2) is 18.3 Å². The fourth-order valence-electron chi connectivity index (χ4n) is 2.09. The van der Waals surface area contributed by atoms with Crippen LogP contribution in [0, 0.1) is 0 Å². The first-order chi connectivity index (χ1) is 8.77. The second-order valence-corrected chi connectivity index (χ2v) is 4.37. The summed E-state index contributed by atoms with van der Waals surface area (Å²) in [6.45, 7) is 4.90. The predicted molar refractivity (Wildman–Crippen MR) is 69.9 cm³/mol. The van der Waals surface area contributed by atoms with E-state index in [1.807, 2.05) is 0 Å². The molecule has 1 aliphatic heterocycles. The van der Waals surface area contributed by atoms with E-state index in [9.17, 15) is 4.79 Å². The van der Waals surface area contributed by atoms with Gasteiger partial charge in [0.15, 0.2) is 0 Å². The smallest absolute Gasteiger partial charge is 0.341 e. The van der Waals surface area contributed by atoms with Crippen molar-refractivity contribution in [1.29, 1.82) is 0 Å². The second kappa shape index (κ2) is 5.82. The molecule has 0 atom stereocenters. The number of hydrogen-bond acceptors (Lipinski definition) is 5. The van der Waals surface area contributed by atoms with Gasteiger partial charge in [0, 0.05) is 25.8 Å². The lowest BCUT2D eigenvalue weighted by molar-refractivity contribution is 0.0601. The van der Waals surface area contributed by atoms with Crippen molar-refractivity contribution in [3.8, 4) is 0 Å². The van der Waals surface area contributed by atoms with E-state index in [2.05, 4.69) is 22.1 Å². The van der Waals surface area contributed by atoms with E-state index in [0.717, 1.165) is 31.9 Å². The molecule has 1 aromatic rings. The van der Waals surface area contributed by atoms with Gasteiger partial charge in [-0.05, 0) is 18.6 Å². The maximum atomic E-state index is 11.8. The van der Waals surface area contributed by atoms with Crippen LogP contribution in [0.1, 0.15) is 23.7 Å². The third kappa shape index (κ3) is 2.46. The number of esters is 1. The van der Waals surface area contributed by atoms with E-state index in [-0.39, 0.29) is 5.97 Å². The van der Waals surface area contributed by atoms with Gasteiger partial charge in [-0.2, -0.15) is 0 Å². The number of carbonyl (C=O) groups is 1. The Bertz CT molecular complexity index is 418. The summed E-state index contributed by atoms with van der Waals surface area (Å²) in [7, 11) is 1.40. The zero-order valence-electron chi connectivity index (χ0n) is 10.8. The van der Waals surface area contributed by atoms with Gasteiger partial charge in [0.05, 0.1) is 13.2 Å². The van der Waals surface area contributed by atoms with Gasteiger partial charge >= 0.3 is 5.97 Å². The van der Waals surface area contributed by atoms with Crippen LogP contribution in [-0.4, -0.2) is 43.7 Å². The molecule has 0 amide bonds. The largest absolute Gasteiger partial charge is 0.465 e. The van der Waals surface area contributed by atoms with Crippen LogP contribution in [0.4, 0.5) is 5.82 Å². The third-order valence-corrected chi connectivity index (χ3v) is 3.13. The summed E-state index contributed by atoms with van der Waals surface area (Å²) in [5.41, 5.74) is 0.542. The molecule has 18 heavy (non-hydrogen) atoms. The number of hydrogen-bond donors (Lipinski definition) is 1. The summed E-state index contributed by atoms with van der Waals surface area (Å²) in [4.78, 5) is 18.3. The zero-order chi connectivity index (χ0) is 13.0. The Morgan fingerprint density at radius 2 is 2.39 bits per heavy atom. The Kier molecular flexibility index (Phi) is 4.15. The molecule has 0 unspecified atom stereocenters. The van der Waals surface area contributed by atoms with Crippen LogP contribution in [0.5, 0.6) is 0 Å². The fourth-order valence-corrected chi connectivity index (χ4v) is 2.09. The molecule has 0 aromatic carbocycles. The van der Waals surface area contributed by atoms with E-state index < -0.39 is 0 Å². The van der Waals surface area contributed by atoms with E-state index in [0.29, 0.717) is 11.6 Å². The molecule has 0 aliphatic carbocycles. The molecule has 0 spiro atoms. The first-order valence-electron chi connectivity index (χ1n) is 6.28. The highest BCUT2D eigenvalue weighted by Crippen LogP contribution is 2.22. The molecule has 98 valence electrons. The van der Waals surface area contributed by atoms with Crippen molar-refractivity contribution in [2.75, 3.05) is 31.6 Å². The number of carbonyl (C=O) groups excluding carboxylic acids is 1. The van der Waals surface area contributed by atoms with Gasteiger partial charge in [-0.3, -0.25) is 0 Å². The maximum absolute atomic E-state index is 11.8. The molecule has 2 rings (SSSR count). The molecule has 1 saturated heterocycles. The first kappa shape index (κ1) is 12.8. The Labute approximate surface area is 107 Å². The second-order valence-electron chi connectivity index (χ2n) is 4.37. The average molecular weight is 249 g/mol. The zero-order valence-corrected chi connectivity index (χ0v) is 10.8. The molecule has 5 heteroatoms. The minimum Gasteiger partial charge on any atom is -0.465 e. The van der Waals surface area contributed by atoms with Gasteiger partial charge in [0.25, 0.3) is 0 Å². The van der Waals surface area contributed by atoms with Crippen molar-refractivity contribution in [1.82, 2.24) is 10.3 Å². The van der Waals surface area contributed by atoms with Gasteiger partial charge in [-0.25, -0.2) is 9.78 Å². The number of ether oxygens (including phenoxy) is 1. The number of nitrogens with one attached hydrogen (secondary N) is 1. The number of aromatic nitrogens is 1. The van der Waals surface area contributed by atoms with Gasteiger partial charge in [-0.1, -0.05) is 6.92 Å². The summed E-state index contributed by atoms with van der Waals surface area (Å²) in [6, 6.07) is 3.95. The third-order valence-electron chi connectivity index (χ3n) is 3.13. The van der Waals surface area contributed by atoms with E-state index in [4.69, 9.17) is 4.74 Å². The molecule has 0 radical (unpaired) electrons. The van der Waals surface area contributed by atoms with Crippen LogP contribution < -0.4 is 10.2 Å². The highest BCUT2D eigenvalue weighted by molar-refractivity contribution is 5.94. The topological polar surface area (TPSA) is 54.5 Å². The van der Waals surface area contributed by atoms with Crippen molar-refractivity contribution >= 4 is 11.8 Å². The fraction of sp³-hybridized carbons (Fsp3) is 0.538. The van der Waals surface area contributed by atoms with Crippen LogP contribution >= 0.6 is 0 Å². The summed E-state index contributed by atoms with van der Waals surface area (Å²) in [6.07, 6.45) is 2.74. The average Bonchev–Trinajstić information content (AvgIpc) is 2.35. The standard InChI is InChI=1S/C13H19N3O2/c1-3-7-16(10-8-14-9-10)12-11(13(17)18-2)5-4-6-15-12/h4-6,10,14H,3,7-9H2,1-2H3. The molecule has 1 N–H and O–H groups in total. The molecule has 2 heterocycles. The Hall–Kier alpha value is -1.62. The van der Waals surface area contributed by atoms with Crippen LogP contribution in [-0.2, 0) is 4.74 Å². The minimum absolute atomic E-state index is 0.327. The molecule has 5 nitrogen and oxygen atoms in total. The number of pyridine rings is 1. The predicted octanol–water partition coefficient (Wildman–Crippen LogP) is 1.06. The van der Waals surface area contributed by atoms with Crippen LogP contribution in [0.25, 0.3) is 0 Å². The van der Waals surface area contributed by atoms with Gasteiger partial charge < -0.3 is 15.0 Å². The first-order valence-corrected chi connectivity index (χ1v) is 6.28. The van der Waals surface area contributed by atoms with Gasteiger partial charge in [0.2, 0.25) is 0 Å². The normalized spacial score (nSPS) is 15.0. The molecule has 1 aliphatic rings. The Morgan fingerprint density at radius 3 is 2.94 bits per heavy atom. The van der Waals surface area contributed by atoms with Crippen molar-refractivity contribution in [2.24, 2.45) is 0 Å². The number of rotatable bonds is 5. The van der Waals surface area contributed by atoms with E-state index >= 15 is 0 Å². The molecule has 1 fully saturated rings. The van der Waals surface area contributed by atoms with Crippen molar-refractivity contribution in [2.45, 2.75) is 19.4 Å². The lowest BCUT2D eigenvalue weighted by Gasteiger charge is -2.39. The Balaban J connectivity index is 2.30. The number of anilines is 1. The summed E-state index contributed by atoms with van der Waals surface area (Å²) in [5.74, 6) is 0.407. The number of methoxy groups -OCH3 is 1. The number of nitrogens with zero attached hydrogens (tertiary/aromatic N) is 2. The summed E-state index contributed by atoms with van der Waals surface area (Å²) in [5, 5.41) is 3.25. The summed E-state index contributed by atoms with van der Waals surface area (Å²) < 4.78 is 4.82. The van der Waals surface area contributed by atoms with Crippen LogP contribution in [0.3, 0.4) is 0 Å². The van der Waals surface area contributed by atoms with E-state index in [1.54, 1.807) is 18.3 Å². The van der Waals surface area contributed by atoms with Gasteiger partial charge in [-0.15, -0.1) is 0 Å².